The highest BCUT2D eigenvalue weighted by Gasteiger charge is 2.26. The van der Waals surface area contributed by atoms with Crippen LogP contribution in [-0.2, 0) is 14.3 Å². The van der Waals surface area contributed by atoms with Gasteiger partial charge in [-0.15, -0.1) is 0 Å². The fourth-order valence-corrected chi connectivity index (χ4v) is 2.51. The first-order chi connectivity index (χ1) is 10.5. The molecule has 1 fully saturated rings. The van der Waals surface area contributed by atoms with Crippen molar-refractivity contribution in [2.45, 2.75) is 32.8 Å². The van der Waals surface area contributed by atoms with Gasteiger partial charge in [0.2, 0.25) is 0 Å². The van der Waals surface area contributed by atoms with Crippen molar-refractivity contribution in [1.29, 1.82) is 5.41 Å². The molecule has 2 heterocycles. The van der Waals surface area contributed by atoms with Crippen LogP contribution in [0, 0.1) is 11.3 Å². The molecule has 0 saturated carbocycles. The molecule has 1 amide bonds. The molecular weight excluding hydrogens is 284 g/mol. The van der Waals surface area contributed by atoms with Gasteiger partial charge in [-0.3, -0.25) is 4.79 Å². The van der Waals surface area contributed by atoms with Crippen molar-refractivity contribution in [2.75, 3.05) is 13.1 Å². The summed E-state index contributed by atoms with van der Waals surface area (Å²) in [5.74, 6) is -0.449. The lowest BCUT2D eigenvalue weighted by Crippen LogP contribution is -2.42. The number of allylic oxidation sites excluding steroid dienone is 1. The van der Waals surface area contributed by atoms with Crippen LogP contribution >= 0.6 is 0 Å². The van der Waals surface area contributed by atoms with Gasteiger partial charge in [-0.25, -0.2) is 4.79 Å². The maximum absolute atomic E-state index is 12.0. The van der Waals surface area contributed by atoms with E-state index < -0.39 is 5.97 Å². The zero-order chi connectivity index (χ0) is 16.1. The van der Waals surface area contributed by atoms with Gasteiger partial charge < -0.3 is 26.1 Å². The van der Waals surface area contributed by atoms with Crippen molar-refractivity contribution < 1.29 is 14.3 Å². The number of carbonyl (C=O) groups is 2. The minimum absolute atomic E-state index is 0.0154. The average Bonchev–Trinajstić information content (AvgIpc) is 2.47. The van der Waals surface area contributed by atoms with E-state index in [0.717, 1.165) is 37.8 Å². The Morgan fingerprint density at radius 2 is 2.05 bits per heavy atom. The number of hydrogen-bond acceptors (Lipinski definition) is 6. The topological polar surface area (TPSA) is 103 Å². The summed E-state index contributed by atoms with van der Waals surface area (Å²) in [4.78, 5) is 23.9. The van der Waals surface area contributed by atoms with E-state index in [1.165, 1.54) is 6.08 Å². The standard InChI is InChI=1S/C15H22N4O3/c1-9(2)22-15(21)11(8-16)14-18-12(7-13(20)19-14)10-3-5-17-6-4-10/h7-10,16-18H,3-6H2,1-2H3,(H,19,20)/b14-11-,16-8?. The molecule has 4 N–H and O–H groups in total. The van der Waals surface area contributed by atoms with Crippen LogP contribution in [0.3, 0.4) is 0 Å². The van der Waals surface area contributed by atoms with E-state index in [1.54, 1.807) is 13.8 Å². The summed E-state index contributed by atoms with van der Waals surface area (Å²) in [6.07, 6.45) is 3.99. The Labute approximate surface area is 129 Å². The third-order valence-corrected chi connectivity index (χ3v) is 3.56. The molecular formula is C15H22N4O3. The molecule has 7 nitrogen and oxygen atoms in total. The maximum Gasteiger partial charge on any atom is 0.343 e. The van der Waals surface area contributed by atoms with Gasteiger partial charge in [-0.05, 0) is 39.8 Å². The van der Waals surface area contributed by atoms with Crippen LogP contribution in [0.2, 0.25) is 0 Å². The van der Waals surface area contributed by atoms with Crippen molar-refractivity contribution in [3.8, 4) is 0 Å². The molecule has 7 heteroatoms. The van der Waals surface area contributed by atoms with Crippen LogP contribution < -0.4 is 16.0 Å². The van der Waals surface area contributed by atoms with Gasteiger partial charge in [-0.1, -0.05) is 0 Å². The third kappa shape index (κ3) is 3.94. The first-order valence-electron chi connectivity index (χ1n) is 7.47. The summed E-state index contributed by atoms with van der Waals surface area (Å²) in [6.45, 7) is 5.27. The first-order valence-corrected chi connectivity index (χ1v) is 7.47. The van der Waals surface area contributed by atoms with Crippen LogP contribution in [0.25, 0.3) is 0 Å². The molecule has 2 aliphatic heterocycles. The monoisotopic (exact) mass is 306 g/mol. The van der Waals surface area contributed by atoms with Crippen molar-refractivity contribution in [3.05, 3.63) is 23.2 Å². The Bertz CT molecular complexity index is 531. The SMILES string of the molecule is CC(C)OC(=O)/C(C=N)=C1\NC(=O)C=C(C2CCNCC2)N1. The van der Waals surface area contributed by atoms with E-state index in [0.29, 0.717) is 0 Å². The van der Waals surface area contributed by atoms with Crippen LogP contribution in [0.1, 0.15) is 26.7 Å². The van der Waals surface area contributed by atoms with Gasteiger partial charge in [0, 0.05) is 23.9 Å². The van der Waals surface area contributed by atoms with Crippen LogP contribution in [-0.4, -0.2) is 37.3 Å². The minimum atomic E-state index is -0.626. The molecule has 0 atom stereocenters. The Hall–Kier alpha value is -2.15. The predicted octanol–water partition coefficient (Wildman–Crippen LogP) is 0.402. The van der Waals surface area contributed by atoms with Crippen LogP contribution in [0.5, 0.6) is 0 Å². The number of rotatable bonds is 4. The van der Waals surface area contributed by atoms with Crippen molar-refractivity contribution in [1.82, 2.24) is 16.0 Å². The highest BCUT2D eigenvalue weighted by Crippen LogP contribution is 2.22. The lowest BCUT2D eigenvalue weighted by Gasteiger charge is -2.29. The number of hydrogen-bond donors (Lipinski definition) is 4. The molecule has 0 radical (unpaired) electrons. The second kappa shape index (κ2) is 7.22. The highest BCUT2D eigenvalue weighted by atomic mass is 16.5. The summed E-state index contributed by atoms with van der Waals surface area (Å²) in [6, 6.07) is 0. The lowest BCUT2D eigenvalue weighted by atomic mass is 9.93. The number of carbonyl (C=O) groups excluding carboxylic acids is 2. The second-order valence-corrected chi connectivity index (χ2v) is 5.63. The number of amides is 1. The molecule has 1 saturated heterocycles. The summed E-state index contributed by atoms with van der Waals surface area (Å²) >= 11 is 0. The summed E-state index contributed by atoms with van der Waals surface area (Å²) in [5.41, 5.74) is 0.804. The Morgan fingerprint density at radius 1 is 1.36 bits per heavy atom. The quantitative estimate of drug-likeness (QED) is 0.342. The van der Waals surface area contributed by atoms with Gasteiger partial charge >= 0.3 is 5.97 Å². The van der Waals surface area contributed by atoms with Gasteiger partial charge in [0.1, 0.15) is 11.4 Å². The number of esters is 1. The van der Waals surface area contributed by atoms with Crippen LogP contribution in [0.4, 0.5) is 0 Å². The fraction of sp³-hybridized carbons (Fsp3) is 0.533. The van der Waals surface area contributed by atoms with E-state index in [2.05, 4.69) is 16.0 Å². The third-order valence-electron chi connectivity index (χ3n) is 3.56. The summed E-state index contributed by atoms with van der Waals surface area (Å²) in [5, 5.41) is 16.4. The van der Waals surface area contributed by atoms with E-state index in [1.807, 2.05) is 0 Å². The molecule has 22 heavy (non-hydrogen) atoms. The van der Waals surface area contributed by atoms with Crippen LogP contribution in [0.15, 0.2) is 23.2 Å². The van der Waals surface area contributed by atoms with E-state index in [9.17, 15) is 9.59 Å². The zero-order valence-electron chi connectivity index (χ0n) is 12.9. The lowest BCUT2D eigenvalue weighted by molar-refractivity contribution is -0.142. The van der Waals surface area contributed by atoms with Gasteiger partial charge in [0.25, 0.3) is 5.91 Å². The molecule has 0 aromatic heterocycles. The van der Waals surface area contributed by atoms with Crippen molar-refractivity contribution in [2.24, 2.45) is 5.92 Å². The molecule has 0 bridgehead atoms. The summed E-state index contributed by atoms with van der Waals surface area (Å²) in [7, 11) is 0. The van der Waals surface area contributed by atoms with Gasteiger partial charge in [-0.2, -0.15) is 0 Å². The molecule has 0 spiro atoms. The number of nitrogens with one attached hydrogen (secondary N) is 4. The normalized spacial score (nSPS) is 21.6. The van der Waals surface area contributed by atoms with Gasteiger partial charge in [0.05, 0.1) is 6.10 Å². The molecule has 2 aliphatic rings. The second-order valence-electron chi connectivity index (χ2n) is 5.63. The summed E-state index contributed by atoms with van der Waals surface area (Å²) < 4.78 is 5.10. The molecule has 0 aromatic rings. The molecule has 0 unspecified atom stereocenters. The smallest absolute Gasteiger partial charge is 0.343 e. The number of piperidine rings is 1. The Morgan fingerprint density at radius 3 is 2.64 bits per heavy atom. The number of ether oxygens (including phenoxy) is 1. The maximum atomic E-state index is 12.0. The molecule has 2 rings (SSSR count). The first kappa shape index (κ1) is 16.2. The highest BCUT2D eigenvalue weighted by molar-refractivity contribution is 6.10. The Kier molecular flexibility index (Phi) is 5.32. The zero-order valence-corrected chi connectivity index (χ0v) is 12.9. The molecule has 0 aliphatic carbocycles. The molecule has 0 aromatic carbocycles. The van der Waals surface area contributed by atoms with E-state index in [-0.39, 0.29) is 29.3 Å². The fourth-order valence-electron chi connectivity index (χ4n) is 2.51. The average molecular weight is 306 g/mol. The van der Waals surface area contributed by atoms with Crippen molar-refractivity contribution >= 4 is 18.1 Å². The largest absolute Gasteiger partial charge is 0.459 e. The van der Waals surface area contributed by atoms with E-state index in [4.69, 9.17) is 10.1 Å². The van der Waals surface area contributed by atoms with E-state index >= 15 is 0 Å². The molecule has 120 valence electrons. The van der Waals surface area contributed by atoms with Crippen molar-refractivity contribution in [3.63, 3.8) is 0 Å². The predicted molar refractivity (Wildman–Crippen MR) is 82.0 cm³/mol. The minimum Gasteiger partial charge on any atom is -0.459 e. The van der Waals surface area contributed by atoms with Gasteiger partial charge in [0.15, 0.2) is 0 Å². The Balaban J connectivity index is 2.22.